The third kappa shape index (κ3) is 4.93. The standard InChI is InChI=1S/C22H21ClFN3O2/c1-26(13-15-5-8-18(23)9-6-15)21(28)14-27(22(29)17-3-2-4-17)20-10-7-16(12-25)11-19(20)24/h5-11,17H,2-4,13-14H2,1H3. The molecule has 2 aromatic carbocycles. The van der Waals surface area contributed by atoms with Crippen molar-refractivity contribution < 1.29 is 14.0 Å². The zero-order valence-corrected chi connectivity index (χ0v) is 16.8. The molecule has 5 nitrogen and oxygen atoms in total. The third-order valence-corrected chi connectivity index (χ3v) is 5.39. The van der Waals surface area contributed by atoms with Crippen molar-refractivity contribution >= 4 is 29.1 Å². The Morgan fingerprint density at radius 3 is 2.45 bits per heavy atom. The zero-order chi connectivity index (χ0) is 21.0. The molecule has 1 aliphatic rings. The van der Waals surface area contributed by atoms with Gasteiger partial charge < -0.3 is 4.90 Å². The highest BCUT2D eigenvalue weighted by Gasteiger charge is 2.33. The predicted molar refractivity (Wildman–Crippen MR) is 109 cm³/mol. The van der Waals surface area contributed by atoms with Gasteiger partial charge in [0.25, 0.3) is 0 Å². The average molecular weight is 414 g/mol. The molecule has 2 amide bonds. The fourth-order valence-corrected chi connectivity index (χ4v) is 3.29. The van der Waals surface area contributed by atoms with E-state index < -0.39 is 5.82 Å². The van der Waals surface area contributed by atoms with E-state index in [2.05, 4.69) is 0 Å². The maximum Gasteiger partial charge on any atom is 0.242 e. The fraction of sp³-hybridized carbons (Fsp3) is 0.318. The summed E-state index contributed by atoms with van der Waals surface area (Å²) in [7, 11) is 1.64. The second kappa shape index (κ2) is 9.06. The molecule has 150 valence electrons. The van der Waals surface area contributed by atoms with Crippen LogP contribution >= 0.6 is 11.6 Å². The lowest BCUT2D eigenvalue weighted by atomic mass is 9.84. The van der Waals surface area contributed by atoms with E-state index in [1.807, 2.05) is 18.2 Å². The van der Waals surface area contributed by atoms with Gasteiger partial charge in [0.15, 0.2) is 0 Å². The SMILES string of the molecule is CN(Cc1ccc(Cl)cc1)C(=O)CN(C(=O)C1CCC1)c1ccc(C#N)cc1F. The number of rotatable bonds is 6. The second-order valence-electron chi connectivity index (χ2n) is 7.21. The predicted octanol–water partition coefficient (Wildman–Crippen LogP) is 4.14. The van der Waals surface area contributed by atoms with Crippen molar-refractivity contribution in [2.45, 2.75) is 25.8 Å². The number of benzene rings is 2. The Hall–Kier alpha value is -2.91. The van der Waals surface area contributed by atoms with Crippen LogP contribution in [0.4, 0.5) is 10.1 Å². The Bertz CT molecular complexity index is 952. The summed E-state index contributed by atoms with van der Waals surface area (Å²) in [5, 5.41) is 9.55. The summed E-state index contributed by atoms with van der Waals surface area (Å²) in [5.41, 5.74) is 1.08. The van der Waals surface area contributed by atoms with Gasteiger partial charge in [0, 0.05) is 24.5 Å². The van der Waals surface area contributed by atoms with Gasteiger partial charge in [0.2, 0.25) is 11.8 Å². The van der Waals surface area contributed by atoms with Crippen molar-refractivity contribution in [2.75, 3.05) is 18.5 Å². The number of nitriles is 1. The van der Waals surface area contributed by atoms with E-state index in [0.717, 1.165) is 30.9 Å². The quantitative estimate of drug-likeness (QED) is 0.714. The molecule has 0 unspecified atom stereocenters. The maximum absolute atomic E-state index is 14.6. The highest BCUT2D eigenvalue weighted by atomic mass is 35.5. The van der Waals surface area contributed by atoms with Gasteiger partial charge >= 0.3 is 0 Å². The van der Waals surface area contributed by atoms with Crippen LogP contribution in [0.3, 0.4) is 0 Å². The minimum atomic E-state index is -0.690. The Morgan fingerprint density at radius 1 is 1.21 bits per heavy atom. The van der Waals surface area contributed by atoms with Gasteiger partial charge in [-0.1, -0.05) is 30.2 Å². The van der Waals surface area contributed by atoms with Crippen molar-refractivity contribution in [2.24, 2.45) is 5.92 Å². The first-order chi connectivity index (χ1) is 13.9. The van der Waals surface area contributed by atoms with Crippen molar-refractivity contribution in [1.82, 2.24) is 4.90 Å². The molecule has 1 saturated carbocycles. The number of likely N-dealkylation sites (N-methyl/N-ethyl adjacent to an activating group) is 1. The van der Waals surface area contributed by atoms with Crippen molar-refractivity contribution in [3.8, 4) is 6.07 Å². The van der Waals surface area contributed by atoms with Crippen molar-refractivity contribution in [3.05, 3.63) is 64.4 Å². The number of carbonyl (C=O) groups is 2. The number of anilines is 1. The summed E-state index contributed by atoms with van der Waals surface area (Å²) in [4.78, 5) is 28.4. The van der Waals surface area contributed by atoms with Gasteiger partial charge in [-0.3, -0.25) is 14.5 Å². The summed E-state index contributed by atoms with van der Waals surface area (Å²) in [6, 6.07) is 12.9. The van der Waals surface area contributed by atoms with Crippen LogP contribution in [0.1, 0.15) is 30.4 Å². The van der Waals surface area contributed by atoms with Crippen LogP contribution < -0.4 is 4.90 Å². The van der Waals surface area contributed by atoms with Gasteiger partial charge in [-0.25, -0.2) is 4.39 Å². The minimum Gasteiger partial charge on any atom is -0.340 e. The zero-order valence-electron chi connectivity index (χ0n) is 16.1. The molecule has 0 N–H and O–H groups in total. The molecule has 7 heteroatoms. The van der Waals surface area contributed by atoms with Crippen LogP contribution in [0.15, 0.2) is 42.5 Å². The van der Waals surface area contributed by atoms with Gasteiger partial charge in [-0.05, 0) is 48.7 Å². The van der Waals surface area contributed by atoms with Gasteiger partial charge in [-0.2, -0.15) is 5.26 Å². The molecular formula is C22H21ClFN3O2. The topological polar surface area (TPSA) is 64.4 Å². The van der Waals surface area contributed by atoms with Gasteiger partial charge in [-0.15, -0.1) is 0 Å². The number of carbonyl (C=O) groups excluding carboxylic acids is 2. The van der Waals surface area contributed by atoms with E-state index in [1.165, 1.54) is 21.9 Å². The first-order valence-electron chi connectivity index (χ1n) is 9.38. The number of amides is 2. The van der Waals surface area contributed by atoms with Crippen LogP contribution in [0, 0.1) is 23.1 Å². The Kier molecular flexibility index (Phi) is 6.50. The van der Waals surface area contributed by atoms with Crippen LogP contribution in [-0.2, 0) is 16.1 Å². The van der Waals surface area contributed by atoms with Gasteiger partial charge in [0.05, 0.1) is 17.3 Å². The molecule has 0 aliphatic heterocycles. The van der Waals surface area contributed by atoms with E-state index in [4.69, 9.17) is 16.9 Å². The maximum atomic E-state index is 14.6. The number of nitrogens with zero attached hydrogens (tertiary/aromatic N) is 3. The van der Waals surface area contributed by atoms with Gasteiger partial charge in [0.1, 0.15) is 12.4 Å². The first-order valence-corrected chi connectivity index (χ1v) is 9.76. The lowest BCUT2D eigenvalue weighted by Gasteiger charge is -2.32. The molecule has 1 fully saturated rings. The summed E-state index contributed by atoms with van der Waals surface area (Å²) in [6.07, 6.45) is 2.43. The summed E-state index contributed by atoms with van der Waals surface area (Å²) >= 11 is 5.89. The Labute approximate surface area is 174 Å². The lowest BCUT2D eigenvalue weighted by molar-refractivity contribution is -0.132. The highest BCUT2D eigenvalue weighted by Crippen LogP contribution is 2.31. The minimum absolute atomic E-state index is 0.0224. The van der Waals surface area contributed by atoms with E-state index in [0.29, 0.717) is 11.6 Å². The molecule has 0 radical (unpaired) electrons. The van der Waals surface area contributed by atoms with Crippen LogP contribution in [0.5, 0.6) is 0 Å². The van der Waals surface area contributed by atoms with Crippen LogP contribution in [-0.4, -0.2) is 30.3 Å². The molecule has 0 saturated heterocycles. The molecule has 2 aromatic rings. The number of hydrogen-bond donors (Lipinski definition) is 0. The molecule has 1 aliphatic carbocycles. The molecule has 3 rings (SSSR count). The van der Waals surface area contributed by atoms with Crippen LogP contribution in [0.25, 0.3) is 0 Å². The largest absolute Gasteiger partial charge is 0.340 e. The summed E-state index contributed by atoms with van der Waals surface area (Å²) in [6.45, 7) is 0.0829. The molecule has 0 spiro atoms. The summed E-state index contributed by atoms with van der Waals surface area (Å²) in [5.74, 6) is -1.45. The molecule has 0 aromatic heterocycles. The third-order valence-electron chi connectivity index (χ3n) is 5.14. The number of hydrogen-bond acceptors (Lipinski definition) is 3. The van der Waals surface area contributed by atoms with E-state index in [1.54, 1.807) is 19.2 Å². The van der Waals surface area contributed by atoms with E-state index in [-0.39, 0.29) is 35.5 Å². The molecular weight excluding hydrogens is 393 g/mol. The molecule has 29 heavy (non-hydrogen) atoms. The number of halogens is 2. The van der Waals surface area contributed by atoms with Crippen molar-refractivity contribution in [3.63, 3.8) is 0 Å². The van der Waals surface area contributed by atoms with E-state index >= 15 is 0 Å². The van der Waals surface area contributed by atoms with E-state index in [9.17, 15) is 14.0 Å². The Balaban J connectivity index is 1.79. The average Bonchev–Trinajstić information content (AvgIpc) is 2.66. The monoisotopic (exact) mass is 413 g/mol. The second-order valence-corrected chi connectivity index (χ2v) is 7.64. The molecule has 0 heterocycles. The smallest absolute Gasteiger partial charge is 0.242 e. The molecule has 0 bridgehead atoms. The van der Waals surface area contributed by atoms with Crippen LogP contribution in [0.2, 0.25) is 5.02 Å². The fourth-order valence-electron chi connectivity index (χ4n) is 3.16. The first kappa shape index (κ1) is 20.8. The molecule has 0 atom stereocenters. The van der Waals surface area contributed by atoms with Crippen molar-refractivity contribution in [1.29, 1.82) is 5.26 Å². The Morgan fingerprint density at radius 2 is 1.90 bits per heavy atom. The summed E-state index contributed by atoms with van der Waals surface area (Å²) < 4.78 is 14.6. The normalized spacial score (nSPS) is 13.3. The lowest BCUT2D eigenvalue weighted by Crippen LogP contribution is -2.45. The highest BCUT2D eigenvalue weighted by molar-refractivity contribution is 6.30.